The third kappa shape index (κ3) is 6.48. The second-order valence-electron chi connectivity index (χ2n) is 4.34. The number of sulfonamides is 1. The standard InChI is InChI=1S/C12H20N4O3S/c1-2-6-14-10-4-5-11(16-9-10)12(17)15-7-3-8-20(13,18)19/h4-5,9,14H,2-3,6-8H2,1H3,(H,15,17)(H2,13,18,19). The lowest BCUT2D eigenvalue weighted by Crippen LogP contribution is -2.27. The maximum absolute atomic E-state index is 11.7. The Kier molecular flexibility index (Phi) is 6.40. The van der Waals surface area contributed by atoms with Crippen molar-refractivity contribution in [3.05, 3.63) is 24.0 Å². The Morgan fingerprint density at radius 3 is 2.65 bits per heavy atom. The van der Waals surface area contributed by atoms with Gasteiger partial charge in [0.1, 0.15) is 5.69 Å². The molecule has 0 fully saturated rings. The molecule has 0 saturated carbocycles. The molecule has 0 unspecified atom stereocenters. The van der Waals surface area contributed by atoms with Crippen LogP contribution in [-0.2, 0) is 10.0 Å². The minimum atomic E-state index is -3.48. The van der Waals surface area contributed by atoms with Crippen LogP contribution >= 0.6 is 0 Å². The Labute approximate surface area is 119 Å². The second-order valence-corrected chi connectivity index (χ2v) is 6.07. The van der Waals surface area contributed by atoms with Crippen LogP contribution in [0, 0.1) is 0 Å². The molecule has 20 heavy (non-hydrogen) atoms. The molecule has 112 valence electrons. The minimum absolute atomic E-state index is 0.152. The number of nitrogens with two attached hydrogens (primary N) is 1. The summed E-state index contributed by atoms with van der Waals surface area (Å²) in [6, 6.07) is 3.40. The zero-order valence-electron chi connectivity index (χ0n) is 11.4. The van der Waals surface area contributed by atoms with Crippen LogP contribution in [0.1, 0.15) is 30.3 Å². The number of primary sulfonamides is 1. The van der Waals surface area contributed by atoms with Gasteiger partial charge in [-0.3, -0.25) is 4.79 Å². The summed E-state index contributed by atoms with van der Waals surface area (Å²) in [4.78, 5) is 15.8. The monoisotopic (exact) mass is 300 g/mol. The number of anilines is 1. The SMILES string of the molecule is CCCNc1ccc(C(=O)NCCCS(N)(=O)=O)nc1. The van der Waals surface area contributed by atoms with Gasteiger partial charge in [-0.15, -0.1) is 0 Å². The topological polar surface area (TPSA) is 114 Å². The number of hydrogen-bond acceptors (Lipinski definition) is 5. The van der Waals surface area contributed by atoms with Gasteiger partial charge in [0.15, 0.2) is 0 Å². The lowest BCUT2D eigenvalue weighted by molar-refractivity contribution is 0.0949. The minimum Gasteiger partial charge on any atom is -0.384 e. The number of carbonyl (C=O) groups excluding carboxylic acids is 1. The van der Waals surface area contributed by atoms with Crippen LogP contribution < -0.4 is 15.8 Å². The Hall–Kier alpha value is -1.67. The summed E-state index contributed by atoms with van der Waals surface area (Å²) in [7, 11) is -3.48. The van der Waals surface area contributed by atoms with E-state index < -0.39 is 10.0 Å². The predicted octanol–water partition coefficient (Wildman–Crippen LogP) is 0.312. The molecular weight excluding hydrogens is 280 g/mol. The summed E-state index contributed by atoms with van der Waals surface area (Å²) in [5.41, 5.74) is 1.15. The fraction of sp³-hybridized carbons (Fsp3) is 0.500. The Balaban J connectivity index is 2.39. The van der Waals surface area contributed by atoms with Gasteiger partial charge < -0.3 is 10.6 Å². The first-order valence-electron chi connectivity index (χ1n) is 6.41. The first kappa shape index (κ1) is 16.4. The van der Waals surface area contributed by atoms with Crippen LogP contribution in [0.2, 0.25) is 0 Å². The molecule has 0 spiro atoms. The van der Waals surface area contributed by atoms with Crippen LogP contribution in [0.5, 0.6) is 0 Å². The van der Waals surface area contributed by atoms with E-state index in [-0.39, 0.29) is 24.6 Å². The van der Waals surface area contributed by atoms with Crippen molar-refractivity contribution in [1.82, 2.24) is 10.3 Å². The molecule has 0 saturated heterocycles. The van der Waals surface area contributed by atoms with Gasteiger partial charge in [0, 0.05) is 13.1 Å². The first-order valence-corrected chi connectivity index (χ1v) is 8.12. The number of nitrogens with zero attached hydrogens (tertiary/aromatic N) is 1. The van der Waals surface area contributed by atoms with E-state index in [9.17, 15) is 13.2 Å². The highest BCUT2D eigenvalue weighted by Crippen LogP contribution is 2.06. The molecule has 1 heterocycles. The van der Waals surface area contributed by atoms with E-state index in [0.717, 1.165) is 18.7 Å². The molecule has 1 rings (SSSR count). The summed E-state index contributed by atoms with van der Waals surface area (Å²) in [5, 5.41) is 10.6. The van der Waals surface area contributed by atoms with E-state index in [1.807, 2.05) is 0 Å². The molecule has 0 radical (unpaired) electrons. The summed E-state index contributed by atoms with van der Waals surface area (Å²) in [6.45, 7) is 3.15. The van der Waals surface area contributed by atoms with E-state index in [2.05, 4.69) is 22.5 Å². The van der Waals surface area contributed by atoms with Gasteiger partial charge in [0.2, 0.25) is 10.0 Å². The van der Waals surface area contributed by atoms with Crippen molar-refractivity contribution in [2.24, 2.45) is 5.14 Å². The zero-order chi connectivity index (χ0) is 15.0. The lowest BCUT2D eigenvalue weighted by atomic mass is 10.3. The highest BCUT2D eigenvalue weighted by Gasteiger charge is 2.07. The molecule has 1 aromatic heterocycles. The van der Waals surface area contributed by atoms with Gasteiger partial charge in [0.05, 0.1) is 17.6 Å². The Morgan fingerprint density at radius 1 is 1.35 bits per heavy atom. The molecule has 8 heteroatoms. The summed E-state index contributed by atoms with van der Waals surface area (Å²) < 4.78 is 21.4. The highest BCUT2D eigenvalue weighted by atomic mass is 32.2. The smallest absolute Gasteiger partial charge is 0.269 e. The Bertz CT molecular complexity index is 528. The largest absolute Gasteiger partial charge is 0.384 e. The molecule has 0 atom stereocenters. The predicted molar refractivity (Wildman–Crippen MR) is 77.9 cm³/mol. The summed E-state index contributed by atoms with van der Waals surface area (Å²) in [5.74, 6) is -0.484. The molecule has 1 amide bonds. The number of amides is 1. The van der Waals surface area contributed by atoms with Crippen molar-refractivity contribution in [3.8, 4) is 0 Å². The summed E-state index contributed by atoms with van der Waals surface area (Å²) >= 11 is 0. The zero-order valence-corrected chi connectivity index (χ0v) is 12.2. The van der Waals surface area contributed by atoms with Crippen molar-refractivity contribution in [1.29, 1.82) is 0 Å². The maximum atomic E-state index is 11.7. The third-order valence-corrected chi connectivity index (χ3v) is 3.32. The van der Waals surface area contributed by atoms with Crippen molar-refractivity contribution in [3.63, 3.8) is 0 Å². The Morgan fingerprint density at radius 2 is 2.10 bits per heavy atom. The molecule has 4 N–H and O–H groups in total. The maximum Gasteiger partial charge on any atom is 0.269 e. The van der Waals surface area contributed by atoms with E-state index in [1.54, 1.807) is 18.3 Å². The fourth-order valence-corrected chi connectivity index (χ4v) is 2.01. The van der Waals surface area contributed by atoms with Crippen molar-refractivity contribution in [2.75, 3.05) is 24.2 Å². The number of rotatable bonds is 8. The van der Waals surface area contributed by atoms with Crippen LogP contribution in [-0.4, -0.2) is 38.2 Å². The molecule has 0 aliphatic heterocycles. The van der Waals surface area contributed by atoms with Gasteiger partial charge in [-0.25, -0.2) is 18.5 Å². The number of nitrogens with one attached hydrogen (secondary N) is 2. The van der Waals surface area contributed by atoms with E-state index in [0.29, 0.717) is 5.69 Å². The lowest BCUT2D eigenvalue weighted by Gasteiger charge is -2.06. The van der Waals surface area contributed by atoms with E-state index in [4.69, 9.17) is 5.14 Å². The average Bonchev–Trinajstić information content (AvgIpc) is 2.40. The van der Waals surface area contributed by atoms with Crippen molar-refractivity contribution < 1.29 is 13.2 Å². The molecule has 7 nitrogen and oxygen atoms in total. The second kappa shape index (κ2) is 7.81. The molecule has 1 aromatic rings. The quantitative estimate of drug-likeness (QED) is 0.598. The number of carbonyl (C=O) groups is 1. The number of aromatic nitrogens is 1. The summed E-state index contributed by atoms with van der Waals surface area (Å²) in [6.07, 6.45) is 2.88. The van der Waals surface area contributed by atoms with Crippen LogP contribution in [0.15, 0.2) is 18.3 Å². The van der Waals surface area contributed by atoms with Gasteiger partial charge in [-0.05, 0) is 25.0 Å². The number of hydrogen-bond donors (Lipinski definition) is 3. The van der Waals surface area contributed by atoms with Gasteiger partial charge in [0.25, 0.3) is 5.91 Å². The highest BCUT2D eigenvalue weighted by molar-refractivity contribution is 7.89. The van der Waals surface area contributed by atoms with Crippen molar-refractivity contribution in [2.45, 2.75) is 19.8 Å². The molecule has 0 aliphatic rings. The molecular formula is C12H20N4O3S. The fourth-order valence-electron chi connectivity index (χ4n) is 1.47. The third-order valence-electron chi connectivity index (χ3n) is 2.47. The van der Waals surface area contributed by atoms with Gasteiger partial charge in [-0.2, -0.15) is 0 Å². The van der Waals surface area contributed by atoms with Gasteiger partial charge in [-0.1, -0.05) is 6.92 Å². The molecule has 0 aliphatic carbocycles. The van der Waals surface area contributed by atoms with Crippen LogP contribution in [0.4, 0.5) is 5.69 Å². The first-order chi connectivity index (χ1) is 9.42. The normalized spacial score (nSPS) is 11.1. The molecule has 0 bridgehead atoms. The van der Waals surface area contributed by atoms with E-state index in [1.165, 1.54) is 0 Å². The van der Waals surface area contributed by atoms with E-state index >= 15 is 0 Å². The van der Waals surface area contributed by atoms with Gasteiger partial charge >= 0.3 is 0 Å². The van der Waals surface area contributed by atoms with Crippen LogP contribution in [0.3, 0.4) is 0 Å². The molecule has 0 aromatic carbocycles. The average molecular weight is 300 g/mol. The van der Waals surface area contributed by atoms with Crippen LogP contribution in [0.25, 0.3) is 0 Å². The number of pyridine rings is 1. The van der Waals surface area contributed by atoms with Crippen molar-refractivity contribution >= 4 is 21.6 Å².